The van der Waals surface area contributed by atoms with Gasteiger partial charge in [-0.05, 0) is 11.4 Å². The third kappa shape index (κ3) is 3.06. The molecule has 0 saturated heterocycles. The zero-order chi connectivity index (χ0) is 15.5. The van der Waals surface area contributed by atoms with Crippen LogP contribution in [0.1, 0.15) is 18.5 Å². The van der Waals surface area contributed by atoms with Crippen molar-refractivity contribution in [3.63, 3.8) is 0 Å². The topological polar surface area (TPSA) is 87.8 Å². The number of hydrogen-bond donors (Lipinski definition) is 1. The molecule has 8 heteroatoms. The molecule has 0 saturated carbocycles. The summed E-state index contributed by atoms with van der Waals surface area (Å²) in [5.74, 6) is 0.160. The number of nitrogens with one attached hydrogen (secondary N) is 1. The molecule has 2 aromatic heterocycles. The Morgan fingerprint density at radius 1 is 1.50 bits per heavy atom. The van der Waals surface area contributed by atoms with Crippen LogP contribution in [0.4, 0.5) is 0 Å². The van der Waals surface area contributed by atoms with E-state index in [0.717, 1.165) is 4.88 Å². The molecule has 0 aliphatic carbocycles. The third-order valence-corrected chi connectivity index (χ3v) is 4.04. The number of oxazole rings is 1. The molecule has 1 aliphatic heterocycles. The summed E-state index contributed by atoms with van der Waals surface area (Å²) in [6.07, 6.45) is 2.18. The molecule has 0 bridgehead atoms. The molecule has 0 fully saturated rings. The average molecular weight is 318 g/mol. The van der Waals surface area contributed by atoms with Gasteiger partial charge in [0.25, 0.3) is 5.91 Å². The summed E-state index contributed by atoms with van der Waals surface area (Å²) in [4.78, 5) is 28.6. The maximum absolute atomic E-state index is 12.0. The van der Waals surface area contributed by atoms with Crippen LogP contribution in [0.5, 0.6) is 0 Å². The van der Waals surface area contributed by atoms with Crippen molar-refractivity contribution in [2.45, 2.75) is 19.4 Å². The van der Waals surface area contributed by atoms with E-state index in [1.807, 2.05) is 17.5 Å². The molecule has 1 N–H and O–H groups in total. The molecule has 2 amide bonds. The van der Waals surface area contributed by atoms with Crippen LogP contribution in [0.3, 0.4) is 0 Å². The summed E-state index contributed by atoms with van der Waals surface area (Å²) in [6.45, 7) is 0.254. The van der Waals surface area contributed by atoms with Crippen molar-refractivity contribution >= 4 is 28.9 Å². The summed E-state index contributed by atoms with van der Waals surface area (Å²) in [5, 5.41) is 9.85. The summed E-state index contributed by atoms with van der Waals surface area (Å²) >= 11 is 1.54. The van der Waals surface area contributed by atoms with Crippen molar-refractivity contribution in [3.8, 4) is 10.8 Å². The van der Waals surface area contributed by atoms with Gasteiger partial charge in [0.05, 0.1) is 17.1 Å². The standard InChI is InChI=1S/C14H14N4O3S/c1-18-12(19)5-4-10(17-18)13(20)15-7-9-8-21-14(16-9)11-3-2-6-22-11/h2-3,6,8H,4-5,7H2,1H3,(H,15,20). The summed E-state index contributed by atoms with van der Waals surface area (Å²) < 4.78 is 5.38. The van der Waals surface area contributed by atoms with Crippen LogP contribution in [-0.2, 0) is 16.1 Å². The molecule has 0 atom stereocenters. The highest BCUT2D eigenvalue weighted by atomic mass is 32.1. The first kappa shape index (κ1) is 14.5. The van der Waals surface area contributed by atoms with Crippen molar-refractivity contribution < 1.29 is 14.0 Å². The normalized spacial score (nSPS) is 14.9. The lowest BCUT2D eigenvalue weighted by atomic mass is 10.1. The second-order valence-corrected chi connectivity index (χ2v) is 5.72. The lowest BCUT2D eigenvalue weighted by Crippen LogP contribution is -2.37. The number of nitrogens with zero attached hydrogens (tertiary/aromatic N) is 3. The predicted octanol–water partition coefficient (Wildman–Crippen LogP) is 1.63. The van der Waals surface area contributed by atoms with Crippen molar-refractivity contribution in [3.05, 3.63) is 29.5 Å². The first-order valence-corrected chi connectivity index (χ1v) is 7.62. The highest BCUT2D eigenvalue weighted by Crippen LogP contribution is 2.23. The van der Waals surface area contributed by atoms with Gasteiger partial charge in [-0.2, -0.15) is 5.10 Å². The molecule has 0 spiro atoms. The van der Waals surface area contributed by atoms with E-state index in [1.54, 1.807) is 7.05 Å². The highest BCUT2D eigenvalue weighted by Gasteiger charge is 2.21. The van der Waals surface area contributed by atoms with Crippen molar-refractivity contribution in [2.24, 2.45) is 5.10 Å². The van der Waals surface area contributed by atoms with Crippen LogP contribution < -0.4 is 5.32 Å². The first-order valence-electron chi connectivity index (χ1n) is 6.74. The van der Waals surface area contributed by atoms with E-state index in [4.69, 9.17) is 4.42 Å². The predicted molar refractivity (Wildman–Crippen MR) is 81.1 cm³/mol. The number of hydrogen-bond acceptors (Lipinski definition) is 6. The van der Waals surface area contributed by atoms with Gasteiger partial charge in [0.1, 0.15) is 12.0 Å². The molecule has 114 valence electrons. The van der Waals surface area contributed by atoms with E-state index in [1.165, 1.54) is 22.6 Å². The Kier molecular flexibility index (Phi) is 4.01. The number of amides is 2. The van der Waals surface area contributed by atoms with Crippen LogP contribution in [0.15, 0.2) is 33.3 Å². The van der Waals surface area contributed by atoms with Crippen LogP contribution in [0.25, 0.3) is 10.8 Å². The van der Waals surface area contributed by atoms with Crippen LogP contribution >= 0.6 is 11.3 Å². The second kappa shape index (κ2) is 6.10. The number of carbonyl (C=O) groups excluding carboxylic acids is 2. The molecular formula is C14H14N4O3S. The van der Waals surface area contributed by atoms with Crippen LogP contribution in [0.2, 0.25) is 0 Å². The third-order valence-electron chi connectivity index (χ3n) is 3.18. The van der Waals surface area contributed by atoms with E-state index in [9.17, 15) is 9.59 Å². The molecule has 7 nitrogen and oxygen atoms in total. The van der Waals surface area contributed by atoms with Crippen molar-refractivity contribution in [1.82, 2.24) is 15.3 Å². The number of thiophene rings is 1. The molecule has 0 aromatic carbocycles. The Morgan fingerprint density at radius 3 is 3.09 bits per heavy atom. The minimum absolute atomic E-state index is 0.0892. The summed E-state index contributed by atoms with van der Waals surface area (Å²) in [7, 11) is 1.54. The molecule has 0 unspecified atom stereocenters. The monoisotopic (exact) mass is 318 g/mol. The van der Waals surface area contributed by atoms with Crippen LogP contribution in [-0.4, -0.2) is 34.6 Å². The molecular weight excluding hydrogens is 304 g/mol. The maximum Gasteiger partial charge on any atom is 0.267 e. The lowest BCUT2D eigenvalue weighted by Gasteiger charge is -2.18. The number of aromatic nitrogens is 1. The number of carbonyl (C=O) groups is 2. The lowest BCUT2D eigenvalue weighted by molar-refractivity contribution is -0.130. The molecule has 0 radical (unpaired) electrons. The Balaban J connectivity index is 1.60. The Morgan fingerprint density at radius 2 is 2.36 bits per heavy atom. The largest absolute Gasteiger partial charge is 0.443 e. The van der Waals surface area contributed by atoms with Gasteiger partial charge in [0, 0.05) is 19.9 Å². The van der Waals surface area contributed by atoms with Gasteiger partial charge in [-0.1, -0.05) is 6.07 Å². The number of hydrazone groups is 1. The Bertz CT molecular complexity index is 720. The average Bonchev–Trinajstić information content (AvgIpc) is 3.18. The molecule has 3 heterocycles. The molecule has 1 aliphatic rings. The van der Waals surface area contributed by atoms with E-state index in [0.29, 0.717) is 30.1 Å². The summed E-state index contributed by atoms with van der Waals surface area (Å²) in [6, 6.07) is 3.84. The smallest absolute Gasteiger partial charge is 0.267 e. The van der Waals surface area contributed by atoms with Crippen molar-refractivity contribution in [2.75, 3.05) is 7.05 Å². The van der Waals surface area contributed by atoms with Crippen molar-refractivity contribution in [1.29, 1.82) is 0 Å². The minimum atomic E-state index is -0.292. The van der Waals surface area contributed by atoms with E-state index < -0.39 is 0 Å². The van der Waals surface area contributed by atoms with E-state index in [2.05, 4.69) is 15.4 Å². The molecule has 2 aromatic rings. The van der Waals surface area contributed by atoms with Gasteiger partial charge in [-0.15, -0.1) is 11.3 Å². The van der Waals surface area contributed by atoms with Crippen LogP contribution in [0, 0.1) is 0 Å². The zero-order valence-corrected chi connectivity index (χ0v) is 12.7. The fourth-order valence-corrected chi connectivity index (χ4v) is 2.66. The minimum Gasteiger partial charge on any atom is -0.443 e. The highest BCUT2D eigenvalue weighted by molar-refractivity contribution is 7.13. The summed E-state index contributed by atoms with van der Waals surface area (Å²) in [5.41, 5.74) is 0.988. The Hall–Kier alpha value is -2.48. The molecule has 3 rings (SSSR count). The fraction of sp³-hybridized carbons (Fsp3) is 0.286. The van der Waals surface area contributed by atoms with Gasteiger partial charge in [-0.3, -0.25) is 9.59 Å². The van der Waals surface area contributed by atoms with Gasteiger partial charge < -0.3 is 9.73 Å². The van der Waals surface area contributed by atoms with E-state index in [-0.39, 0.29) is 18.4 Å². The SMILES string of the molecule is CN1N=C(C(=O)NCc2coc(-c3cccs3)n2)CCC1=O. The Labute approximate surface area is 130 Å². The number of rotatable bonds is 4. The van der Waals surface area contributed by atoms with Gasteiger partial charge in [-0.25, -0.2) is 9.99 Å². The van der Waals surface area contributed by atoms with E-state index >= 15 is 0 Å². The zero-order valence-electron chi connectivity index (χ0n) is 11.9. The van der Waals surface area contributed by atoms with Gasteiger partial charge >= 0.3 is 0 Å². The second-order valence-electron chi connectivity index (χ2n) is 4.77. The first-order chi connectivity index (χ1) is 10.6. The van der Waals surface area contributed by atoms with Gasteiger partial charge in [0.2, 0.25) is 11.8 Å². The van der Waals surface area contributed by atoms with Gasteiger partial charge in [0.15, 0.2) is 0 Å². The quantitative estimate of drug-likeness (QED) is 0.928. The fourth-order valence-electron chi connectivity index (χ4n) is 2.01. The molecule has 22 heavy (non-hydrogen) atoms. The maximum atomic E-state index is 12.0.